The zero-order valence-corrected chi connectivity index (χ0v) is 23.7. The second-order valence-electron chi connectivity index (χ2n) is 9.53. The average molecular weight is 596 g/mol. The third kappa shape index (κ3) is 7.46. The average Bonchev–Trinajstić information content (AvgIpc) is 3.56. The van der Waals surface area contributed by atoms with Crippen molar-refractivity contribution in [2.45, 2.75) is 18.9 Å². The molecule has 0 aliphatic heterocycles. The van der Waals surface area contributed by atoms with Crippen molar-refractivity contribution < 1.29 is 14.3 Å². The topological polar surface area (TPSA) is 145 Å². The molecule has 2 heterocycles. The molecule has 3 aromatic carbocycles. The van der Waals surface area contributed by atoms with Crippen LogP contribution < -0.4 is 10.9 Å². The lowest BCUT2D eigenvalue weighted by atomic mass is 9.99. The van der Waals surface area contributed by atoms with Crippen LogP contribution in [0.25, 0.3) is 22.9 Å². The highest BCUT2D eigenvalue weighted by atomic mass is 35.5. The third-order valence-corrected chi connectivity index (χ3v) is 6.86. The predicted octanol–water partition coefficient (Wildman–Crippen LogP) is 3.89. The summed E-state index contributed by atoms with van der Waals surface area (Å²) in [4.78, 5) is 37.6. The Hall–Kier alpha value is -5.42. The molecule has 0 bridgehead atoms. The molecule has 0 spiro atoms. The minimum Gasteiger partial charge on any atom is -0.469 e. The number of benzene rings is 3. The Labute approximate surface area is 251 Å². The Morgan fingerprint density at radius 3 is 2.56 bits per heavy atom. The fourth-order valence-corrected chi connectivity index (χ4v) is 4.64. The number of H-pyrrole nitrogens is 1. The van der Waals surface area contributed by atoms with E-state index in [0.29, 0.717) is 39.5 Å². The van der Waals surface area contributed by atoms with Crippen LogP contribution >= 0.6 is 11.6 Å². The monoisotopic (exact) mass is 595 g/mol. The zero-order valence-electron chi connectivity index (χ0n) is 23.0. The minimum atomic E-state index is -0.577. The van der Waals surface area contributed by atoms with Crippen molar-refractivity contribution in [3.05, 3.63) is 129 Å². The second kappa shape index (κ2) is 13.5. The maximum absolute atomic E-state index is 13.2. The molecule has 0 aliphatic carbocycles. The van der Waals surface area contributed by atoms with E-state index in [-0.39, 0.29) is 23.9 Å². The van der Waals surface area contributed by atoms with E-state index in [2.05, 4.69) is 31.0 Å². The molecule has 0 saturated heterocycles. The van der Waals surface area contributed by atoms with Crippen LogP contribution in [0.15, 0.2) is 96.1 Å². The number of halogens is 1. The SMILES string of the molecule is COC(=O)Cc1ccc(-c2cc([C@H](Cc3ccccc3)NC(=O)/C=C/c3cc(Cl)ccc3-n3cnnn3)n[nH]c2=O)cc1. The molecule has 5 rings (SSSR count). The van der Waals surface area contributed by atoms with Gasteiger partial charge in [-0.2, -0.15) is 9.78 Å². The molecule has 12 heteroatoms. The van der Waals surface area contributed by atoms with Crippen LogP contribution in [0.5, 0.6) is 0 Å². The van der Waals surface area contributed by atoms with Gasteiger partial charge in [-0.15, -0.1) is 5.10 Å². The first kappa shape index (κ1) is 29.1. The molecule has 0 radical (unpaired) electrons. The van der Waals surface area contributed by atoms with Gasteiger partial charge in [0.25, 0.3) is 5.56 Å². The van der Waals surface area contributed by atoms with Gasteiger partial charge in [-0.05, 0) is 63.9 Å². The van der Waals surface area contributed by atoms with E-state index in [9.17, 15) is 14.4 Å². The molecule has 2 N–H and O–H groups in total. The molecule has 43 heavy (non-hydrogen) atoms. The number of carbonyl (C=O) groups is 2. The van der Waals surface area contributed by atoms with Crippen molar-refractivity contribution in [2.75, 3.05) is 7.11 Å². The Balaban J connectivity index is 1.42. The lowest BCUT2D eigenvalue weighted by Crippen LogP contribution is -2.30. The van der Waals surface area contributed by atoms with E-state index in [1.165, 1.54) is 24.2 Å². The molecule has 216 valence electrons. The van der Waals surface area contributed by atoms with E-state index in [1.807, 2.05) is 30.3 Å². The summed E-state index contributed by atoms with van der Waals surface area (Å²) in [7, 11) is 1.33. The number of esters is 1. The predicted molar refractivity (Wildman–Crippen MR) is 160 cm³/mol. The van der Waals surface area contributed by atoms with Gasteiger partial charge in [0.05, 0.1) is 36.5 Å². The fraction of sp³-hybridized carbons (Fsp3) is 0.129. The van der Waals surface area contributed by atoms with Crippen LogP contribution in [0.3, 0.4) is 0 Å². The Kier molecular flexibility index (Phi) is 9.13. The first-order valence-electron chi connectivity index (χ1n) is 13.2. The summed E-state index contributed by atoms with van der Waals surface area (Å²) in [6.45, 7) is 0. The summed E-state index contributed by atoms with van der Waals surface area (Å²) in [5, 5.41) is 21.6. The van der Waals surface area contributed by atoms with E-state index >= 15 is 0 Å². The first-order chi connectivity index (χ1) is 20.9. The van der Waals surface area contributed by atoms with Crippen LogP contribution in [0, 0.1) is 0 Å². The Bertz CT molecular complexity index is 1800. The van der Waals surface area contributed by atoms with Crippen molar-refractivity contribution in [3.63, 3.8) is 0 Å². The smallest absolute Gasteiger partial charge is 0.309 e. The number of aromatic amines is 1. The van der Waals surface area contributed by atoms with Crippen molar-refractivity contribution >= 4 is 29.6 Å². The summed E-state index contributed by atoms with van der Waals surface area (Å²) < 4.78 is 6.20. The number of tetrazole rings is 1. The molecule has 1 amide bonds. The van der Waals surface area contributed by atoms with Crippen LogP contribution in [0.2, 0.25) is 5.02 Å². The van der Waals surface area contributed by atoms with Gasteiger partial charge in [0.2, 0.25) is 5.91 Å². The summed E-state index contributed by atoms with van der Waals surface area (Å²) in [6.07, 6.45) is 5.01. The van der Waals surface area contributed by atoms with Gasteiger partial charge in [-0.1, -0.05) is 66.2 Å². The van der Waals surface area contributed by atoms with Crippen molar-refractivity contribution in [1.29, 1.82) is 0 Å². The molecule has 0 saturated carbocycles. The largest absolute Gasteiger partial charge is 0.469 e. The van der Waals surface area contributed by atoms with Crippen molar-refractivity contribution in [3.8, 4) is 16.8 Å². The number of rotatable bonds is 10. The highest BCUT2D eigenvalue weighted by Gasteiger charge is 2.19. The number of hydrogen-bond donors (Lipinski definition) is 2. The first-order valence-corrected chi connectivity index (χ1v) is 13.6. The molecular weight excluding hydrogens is 570 g/mol. The summed E-state index contributed by atoms with van der Waals surface area (Å²) >= 11 is 6.21. The van der Waals surface area contributed by atoms with E-state index in [0.717, 1.165) is 11.1 Å². The van der Waals surface area contributed by atoms with Gasteiger partial charge < -0.3 is 10.1 Å². The quantitative estimate of drug-likeness (QED) is 0.183. The highest BCUT2D eigenvalue weighted by Crippen LogP contribution is 2.23. The number of methoxy groups -OCH3 is 1. The van der Waals surface area contributed by atoms with E-state index in [4.69, 9.17) is 16.3 Å². The summed E-state index contributed by atoms with van der Waals surface area (Å²) in [6, 6.07) is 22.9. The third-order valence-electron chi connectivity index (χ3n) is 6.62. The number of nitrogens with zero attached hydrogens (tertiary/aromatic N) is 5. The molecule has 1 atom stereocenters. The highest BCUT2D eigenvalue weighted by molar-refractivity contribution is 6.30. The molecular formula is C31H26ClN7O4. The van der Waals surface area contributed by atoms with Crippen LogP contribution in [-0.4, -0.2) is 49.4 Å². The van der Waals surface area contributed by atoms with Crippen LogP contribution in [0.1, 0.15) is 28.4 Å². The fourth-order valence-electron chi connectivity index (χ4n) is 4.46. The number of nitrogens with one attached hydrogen (secondary N) is 2. The molecule has 5 aromatic rings. The number of aromatic nitrogens is 6. The van der Waals surface area contributed by atoms with Gasteiger partial charge in [-0.3, -0.25) is 14.4 Å². The Morgan fingerprint density at radius 2 is 1.84 bits per heavy atom. The summed E-state index contributed by atoms with van der Waals surface area (Å²) in [5.74, 6) is -0.738. The second-order valence-corrected chi connectivity index (χ2v) is 9.96. The zero-order chi connectivity index (χ0) is 30.2. The van der Waals surface area contributed by atoms with Gasteiger partial charge in [0, 0.05) is 16.7 Å². The van der Waals surface area contributed by atoms with Gasteiger partial charge >= 0.3 is 5.97 Å². The van der Waals surface area contributed by atoms with Crippen molar-refractivity contribution in [1.82, 2.24) is 35.7 Å². The number of amides is 1. The normalized spacial score (nSPS) is 11.8. The van der Waals surface area contributed by atoms with Gasteiger partial charge in [-0.25, -0.2) is 5.10 Å². The maximum atomic E-state index is 13.2. The maximum Gasteiger partial charge on any atom is 0.309 e. The molecule has 11 nitrogen and oxygen atoms in total. The molecule has 0 aliphatic rings. The van der Waals surface area contributed by atoms with Crippen molar-refractivity contribution in [2.24, 2.45) is 0 Å². The summed E-state index contributed by atoms with van der Waals surface area (Å²) in [5.41, 5.74) is 4.10. The van der Waals surface area contributed by atoms with Crippen LogP contribution in [0.4, 0.5) is 0 Å². The standard InChI is InChI=1S/C31H26ClN7O4/c1-43-30(41)16-21-7-9-22(10-8-21)25-18-27(35-36-31(25)42)26(15-20-5-3-2-4-6-20)34-29(40)14-11-23-17-24(32)12-13-28(23)39-19-33-37-38-39/h2-14,17-19,26H,15-16H2,1H3,(H,34,40)(H,36,42)/b14-11+/t26-/m0/s1. The van der Waals surface area contributed by atoms with Gasteiger partial charge in [0.15, 0.2) is 0 Å². The lowest BCUT2D eigenvalue weighted by molar-refractivity contribution is -0.139. The lowest BCUT2D eigenvalue weighted by Gasteiger charge is -2.18. The minimum absolute atomic E-state index is 0.125. The molecule has 2 aromatic heterocycles. The number of hydrogen-bond acceptors (Lipinski definition) is 8. The van der Waals surface area contributed by atoms with E-state index in [1.54, 1.807) is 54.6 Å². The van der Waals surface area contributed by atoms with Gasteiger partial charge in [0.1, 0.15) is 6.33 Å². The van der Waals surface area contributed by atoms with Crippen LogP contribution in [-0.2, 0) is 27.2 Å². The molecule has 0 unspecified atom stereocenters. The Morgan fingerprint density at radius 1 is 1.05 bits per heavy atom. The van der Waals surface area contributed by atoms with E-state index < -0.39 is 6.04 Å². The molecule has 0 fully saturated rings. The number of carbonyl (C=O) groups excluding carboxylic acids is 2. The number of ether oxygens (including phenoxy) is 1.